The number of nitrogens with zero attached hydrogens (tertiary/aromatic N) is 2. The average molecular weight is 438 g/mol. The van der Waals surface area contributed by atoms with Crippen molar-refractivity contribution in [2.45, 2.75) is 6.61 Å². The Labute approximate surface area is 173 Å². The van der Waals surface area contributed by atoms with Gasteiger partial charge in [-0.15, -0.1) is 0 Å². The number of hydrogen-bond donors (Lipinski definition) is 0. The van der Waals surface area contributed by atoms with Crippen molar-refractivity contribution in [2.24, 2.45) is 0 Å². The molecule has 0 saturated carbocycles. The van der Waals surface area contributed by atoms with Gasteiger partial charge in [0.05, 0.1) is 22.6 Å². The fraction of sp³-hybridized carbons (Fsp3) is 0.111. The molecule has 1 amide bonds. The van der Waals surface area contributed by atoms with Crippen LogP contribution >= 0.6 is 24.0 Å². The number of carbonyl (C=O) groups excluding carboxylic acids is 1. The average Bonchev–Trinajstić information content (AvgIpc) is 2.95. The van der Waals surface area contributed by atoms with Crippen molar-refractivity contribution in [3.8, 4) is 11.5 Å². The Morgan fingerprint density at radius 1 is 1.24 bits per heavy atom. The molecule has 2 aromatic rings. The molecule has 0 aliphatic carbocycles. The molecule has 0 atom stereocenters. The molecule has 7 nitrogen and oxygen atoms in total. The predicted octanol–water partition coefficient (Wildman–Crippen LogP) is 4.61. The van der Waals surface area contributed by atoms with Crippen molar-refractivity contribution in [1.29, 1.82) is 0 Å². The number of nitro groups is 1. The second kappa shape index (κ2) is 8.53. The van der Waals surface area contributed by atoms with Crippen LogP contribution in [0, 0.1) is 10.1 Å². The number of halogens is 2. The molecule has 11 heteroatoms. The van der Waals surface area contributed by atoms with Gasteiger partial charge in [-0.25, -0.2) is 0 Å². The lowest BCUT2D eigenvalue weighted by Gasteiger charge is -2.14. The van der Waals surface area contributed by atoms with Crippen molar-refractivity contribution < 1.29 is 28.0 Å². The minimum Gasteiger partial charge on any atom is -0.493 e. The van der Waals surface area contributed by atoms with E-state index in [0.717, 1.165) is 11.8 Å². The lowest BCUT2D eigenvalue weighted by atomic mass is 10.2. The van der Waals surface area contributed by atoms with Gasteiger partial charge in [0.15, 0.2) is 15.8 Å². The molecule has 0 aromatic heterocycles. The minimum atomic E-state index is -3.00. The van der Waals surface area contributed by atoms with E-state index in [2.05, 4.69) is 4.74 Å². The van der Waals surface area contributed by atoms with E-state index in [9.17, 15) is 23.7 Å². The molecule has 0 radical (unpaired) electrons. The first kappa shape index (κ1) is 20.7. The predicted molar refractivity (Wildman–Crippen MR) is 108 cm³/mol. The normalized spacial score (nSPS) is 15.3. The number of thioether (sulfide) groups is 1. The second-order valence-corrected chi connectivity index (χ2v) is 7.26. The van der Waals surface area contributed by atoms with E-state index >= 15 is 0 Å². The van der Waals surface area contributed by atoms with E-state index in [1.165, 1.54) is 54.5 Å². The highest BCUT2D eigenvalue weighted by atomic mass is 32.2. The Balaban J connectivity index is 1.90. The molecule has 0 spiro atoms. The van der Waals surface area contributed by atoms with E-state index in [4.69, 9.17) is 17.0 Å². The summed E-state index contributed by atoms with van der Waals surface area (Å²) in [6, 6.07) is 9.80. The standard InChI is InChI=1S/C18H12F2N2O5S2/c1-26-14-7-10(5-6-13(14)27-17(19)20)8-15-16(23)21(18(28)29-15)11-3-2-4-12(9-11)22(24)25/h2-9,17H,1H3/b15-8+. The molecular formula is C18H12F2N2O5S2. The Bertz CT molecular complexity index is 1030. The van der Waals surface area contributed by atoms with Gasteiger partial charge in [0.2, 0.25) is 0 Å². The van der Waals surface area contributed by atoms with Crippen LogP contribution < -0.4 is 14.4 Å². The Morgan fingerprint density at radius 3 is 2.66 bits per heavy atom. The monoisotopic (exact) mass is 438 g/mol. The number of benzene rings is 2. The van der Waals surface area contributed by atoms with Crippen molar-refractivity contribution >= 4 is 51.7 Å². The van der Waals surface area contributed by atoms with Gasteiger partial charge in [0.1, 0.15) is 0 Å². The van der Waals surface area contributed by atoms with Gasteiger partial charge in [-0.1, -0.05) is 36.1 Å². The van der Waals surface area contributed by atoms with Crippen molar-refractivity contribution in [2.75, 3.05) is 12.0 Å². The van der Waals surface area contributed by atoms with E-state index in [0.29, 0.717) is 5.56 Å². The van der Waals surface area contributed by atoms with Gasteiger partial charge in [0.25, 0.3) is 11.6 Å². The quantitative estimate of drug-likeness (QED) is 0.282. The SMILES string of the molecule is COc1cc(/C=C2/SC(=S)N(c3cccc([N+](=O)[O-])c3)C2=O)ccc1OC(F)F. The summed E-state index contributed by atoms with van der Waals surface area (Å²) in [4.78, 5) is 24.7. The summed E-state index contributed by atoms with van der Waals surface area (Å²) >= 11 is 6.27. The third-order valence-electron chi connectivity index (χ3n) is 3.79. The van der Waals surface area contributed by atoms with Crippen LogP contribution in [0.3, 0.4) is 0 Å². The maximum absolute atomic E-state index is 12.8. The van der Waals surface area contributed by atoms with Gasteiger partial charge in [-0.2, -0.15) is 8.78 Å². The van der Waals surface area contributed by atoms with Gasteiger partial charge in [-0.05, 0) is 29.8 Å². The molecule has 1 fully saturated rings. The van der Waals surface area contributed by atoms with Crippen LogP contribution in [0.15, 0.2) is 47.4 Å². The highest BCUT2D eigenvalue weighted by Gasteiger charge is 2.34. The summed E-state index contributed by atoms with van der Waals surface area (Å²) in [6.07, 6.45) is 1.52. The first-order valence-electron chi connectivity index (χ1n) is 7.95. The van der Waals surface area contributed by atoms with E-state index < -0.39 is 17.4 Å². The van der Waals surface area contributed by atoms with E-state index in [1.54, 1.807) is 6.07 Å². The number of amides is 1. The fourth-order valence-electron chi connectivity index (χ4n) is 2.55. The maximum atomic E-state index is 12.8. The minimum absolute atomic E-state index is 0.0770. The fourth-order valence-corrected chi connectivity index (χ4v) is 3.85. The van der Waals surface area contributed by atoms with Gasteiger partial charge in [-0.3, -0.25) is 19.8 Å². The maximum Gasteiger partial charge on any atom is 0.387 e. The van der Waals surface area contributed by atoms with E-state index in [1.807, 2.05) is 0 Å². The molecule has 1 aliphatic heterocycles. The Morgan fingerprint density at radius 2 is 2.00 bits per heavy atom. The number of methoxy groups -OCH3 is 1. The Hall–Kier alpha value is -3.05. The molecule has 2 aromatic carbocycles. The van der Waals surface area contributed by atoms with Crippen molar-refractivity contribution in [3.63, 3.8) is 0 Å². The van der Waals surface area contributed by atoms with Crippen molar-refractivity contribution in [1.82, 2.24) is 0 Å². The van der Waals surface area contributed by atoms with Crippen LogP contribution in [-0.4, -0.2) is 28.9 Å². The summed E-state index contributed by atoms with van der Waals surface area (Å²) in [5.74, 6) is -0.510. The molecule has 1 saturated heterocycles. The lowest BCUT2D eigenvalue weighted by Crippen LogP contribution is -2.27. The summed E-state index contributed by atoms with van der Waals surface area (Å²) in [5, 5.41) is 11.0. The van der Waals surface area contributed by atoms with Crippen LogP contribution in [0.2, 0.25) is 0 Å². The number of carbonyl (C=O) groups is 1. The molecule has 3 rings (SSSR count). The summed E-state index contributed by atoms with van der Waals surface area (Å²) in [5.41, 5.74) is 0.617. The molecule has 150 valence electrons. The van der Waals surface area contributed by atoms with Gasteiger partial charge < -0.3 is 9.47 Å². The van der Waals surface area contributed by atoms with Crippen LogP contribution in [0.1, 0.15) is 5.56 Å². The Kier molecular flexibility index (Phi) is 6.09. The van der Waals surface area contributed by atoms with Crippen LogP contribution in [0.5, 0.6) is 11.5 Å². The largest absolute Gasteiger partial charge is 0.493 e. The zero-order valence-corrected chi connectivity index (χ0v) is 16.3. The summed E-state index contributed by atoms with van der Waals surface area (Å²) in [7, 11) is 1.30. The molecule has 1 heterocycles. The van der Waals surface area contributed by atoms with Crippen LogP contribution in [-0.2, 0) is 4.79 Å². The highest BCUT2D eigenvalue weighted by Crippen LogP contribution is 2.38. The smallest absolute Gasteiger partial charge is 0.387 e. The number of alkyl halides is 2. The van der Waals surface area contributed by atoms with Gasteiger partial charge >= 0.3 is 6.61 Å². The lowest BCUT2D eigenvalue weighted by molar-refractivity contribution is -0.384. The zero-order chi connectivity index (χ0) is 21.1. The third kappa shape index (κ3) is 4.51. The number of nitro benzene ring substituents is 1. The third-order valence-corrected chi connectivity index (χ3v) is 5.10. The zero-order valence-electron chi connectivity index (χ0n) is 14.7. The number of rotatable bonds is 6. The second-order valence-electron chi connectivity index (χ2n) is 5.58. The first-order valence-corrected chi connectivity index (χ1v) is 9.18. The number of thiocarbonyl (C=S) groups is 1. The molecule has 0 bridgehead atoms. The molecule has 0 N–H and O–H groups in total. The molecule has 29 heavy (non-hydrogen) atoms. The topological polar surface area (TPSA) is 81.9 Å². The van der Waals surface area contributed by atoms with Crippen LogP contribution in [0.25, 0.3) is 6.08 Å². The number of non-ortho nitro benzene ring substituents is 1. The number of hydrogen-bond acceptors (Lipinski definition) is 7. The summed E-state index contributed by atoms with van der Waals surface area (Å²) in [6.45, 7) is -3.00. The first-order chi connectivity index (χ1) is 13.8. The van der Waals surface area contributed by atoms with Crippen LogP contribution in [0.4, 0.5) is 20.2 Å². The number of ether oxygens (including phenoxy) is 2. The number of anilines is 1. The molecular weight excluding hydrogens is 426 g/mol. The molecule has 1 aliphatic rings. The van der Waals surface area contributed by atoms with Crippen molar-refractivity contribution in [3.05, 3.63) is 63.0 Å². The summed E-state index contributed by atoms with van der Waals surface area (Å²) < 4.78 is 34.5. The van der Waals surface area contributed by atoms with E-state index in [-0.39, 0.29) is 32.1 Å². The molecule has 0 unspecified atom stereocenters. The van der Waals surface area contributed by atoms with Gasteiger partial charge in [0, 0.05) is 12.1 Å². The highest BCUT2D eigenvalue weighted by molar-refractivity contribution is 8.27.